The van der Waals surface area contributed by atoms with Crippen LogP contribution < -0.4 is 10.6 Å². The SMILES string of the molecule is CN=C(NCCCOCC1CCOCC1)NC1CCS(=O)(=O)C1. The van der Waals surface area contributed by atoms with E-state index in [2.05, 4.69) is 15.6 Å². The van der Waals surface area contributed by atoms with Crippen molar-refractivity contribution in [1.82, 2.24) is 10.6 Å². The van der Waals surface area contributed by atoms with Gasteiger partial charge in [-0.05, 0) is 31.6 Å². The lowest BCUT2D eigenvalue weighted by atomic mass is 10.0. The third-order valence-corrected chi connectivity index (χ3v) is 6.02. The van der Waals surface area contributed by atoms with Crippen LogP contribution in [0.2, 0.25) is 0 Å². The molecule has 0 aromatic carbocycles. The quantitative estimate of drug-likeness (QED) is 0.388. The third-order valence-electron chi connectivity index (χ3n) is 4.25. The summed E-state index contributed by atoms with van der Waals surface area (Å²) in [6.07, 6.45) is 3.74. The summed E-state index contributed by atoms with van der Waals surface area (Å²) in [4.78, 5) is 4.14. The van der Waals surface area contributed by atoms with Gasteiger partial charge in [0.25, 0.3) is 0 Å². The molecule has 2 aliphatic rings. The van der Waals surface area contributed by atoms with Gasteiger partial charge < -0.3 is 20.1 Å². The number of ether oxygens (including phenoxy) is 2. The molecule has 0 amide bonds. The number of aliphatic imine (C=N–C) groups is 1. The van der Waals surface area contributed by atoms with Gasteiger partial charge >= 0.3 is 0 Å². The molecule has 1 atom stereocenters. The van der Waals surface area contributed by atoms with Crippen LogP contribution in [0.3, 0.4) is 0 Å². The topological polar surface area (TPSA) is 89.0 Å². The lowest BCUT2D eigenvalue weighted by Gasteiger charge is -2.21. The first-order valence-electron chi connectivity index (χ1n) is 8.42. The van der Waals surface area contributed by atoms with Crippen LogP contribution in [0, 0.1) is 5.92 Å². The van der Waals surface area contributed by atoms with E-state index >= 15 is 0 Å². The highest BCUT2D eigenvalue weighted by Gasteiger charge is 2.28. The monoisotopic (exact) mass is 347 g/mol. The summed E-state index contributed by atoms with van der Waals surface area (Å²) in [6, 6.07) is -0.0315. The van der Waals surface area contributed by atoms with Crippen LogP contribution in [0.1, 0.15) is 25.7 Å². The van der Waals surface area contributed by atoms with Gasteiger partial charge in [0.1, 0.15) is 0 Å². The fourth-order valence-corrected chi connectivity index (χ4v) is 4.51. The van der Waals surface area contributed by atoms with Crippen LogP contribution in [-0.2, 0) is 19.3 Å². The van der Waals surface area contributed by atoms with Crippen molar-refractivity contribution in [3.8, 4) is 0 Å². The van der Waals surface area contributed by atoms with Gasteiger partial charge in [-0.3, -0.25) is 4.99 Å². The fourth-order valence-electron chi connectivity index (χ4n) is 2.84. The highest BCUT2D eigenvalue weighted by molar-refractivity contribution is 7.91. The average Bonchev–Trinajstić information content (AvgIpc) is 2.89. The fraction of sp³-hybridized carbons (Fsp3) is 0.933. The smallest absolute Gasteiger partial charge is 0.191 e. The normalized spacial score (nSPS) is 25.4. The second-order valence-corrected chi connectivity index (χ2v) is 8.46. The Labute approximate surface area is 139 Å². The van der Waals surface area contributed by atoms with Gasteiger partial charge in [0, 0.05) is 46.1 Å². The molecule has 2 aliphatic heterocycles. The van der Waals surface area contributed by atoms with Crippen molar-refractivity contribution in [3.05, 3.63) is 0 Å². The molecule has 0 radical (unpaired) electrons. The van der Waals surface area contributed by atoms with Gasteiger partial charge in [-0.2, -0.15) is 0 Å². The van der Waals surface area contributed by atoms with E-state index in [1.165, 1.54) is 0 Å². The van der Waals surface area contributed by atoms with Crippen LogP contribution in [0.15, 0.2) is 4.99 Å². The van der Waals surface area contributed by atoms with Crippen LogP contribution in [0.25, 0.3) is 0 Å². The summed E-state index contributed by atoms with van der Waals surface area (Å²) in [5, 5.41) is 6.38. The highest BCUT2D eigenvalue weighted by Crippen LogP contribution is 2.14. The van der Waals surface area contributed by atoms with Gasteiger partial charge in [-0.25, -0.2) is 8.42 Å². The summed E-state index contributed by atoms with van der Waals surface area (Å²) in [7, 11) is -1.17. The van der Waals surface area contributed by atoms with E-state index in [0.29, 0.717) is 18.3 Å². The van der Waals surface area contributed by atoms with Crippen LogP contribution in [0.4, 0.5) is 0 Å². The zero-order valence-corrected chi connectivity index (χ0v) is 14.7. The molecule has 0 spiro atoms. The Morgan fingerprint density at radius 2 is 2.09 bits per heavy atom. The summed E-state index contributed by atoms with van der Waals surface area (Å²) in [5.74, 6) is 1.76. The van der Waals surface area contributed by atoms with E-state index in [1.54, 1.807) is 7.05 Å². The molecular formula is C15H29N3O4S. The summed E-state index contributed by atoms with van der Waals surface area (Å²) in [6.45, 7) is 4.01. The van der Waals surface area contributed by atoms with Crippen molar-refractivity contribution in [2.45, 2.75) is 31.7 Å². The lowest BCUT2D eigenvalue weighted by Crippen LogP contribution is -2.44. The molecule has 8 heteroatoms. The van der Waals surface area contributed by atoms with Crippen LogP contribution in [0.5, 0.6) is 0 Å². The van der Waals surface area contributed by atoms with Crippen molar-refractivity contribution >= 4 is 15.8 Å². The average molecular weight is 347 g/mol. The predicted molar refractivity (Wildman–Crippen MR) is 90.5 cm³/mol. The zero-order chi connectivity index (χ0) is 16.5. The molecule has 2 heterocycles. The minimum Gasteiger partial charge on any atom is -0.381 e. The van der Waals surface area contributed by atoms with Crippen molar-refractivity contribution in [2.75, 3.05) is 51.5 Å². The number of hydrogen-bond donors (Lipinski definition) is 2. The summed E-state index contributed by atoms with van der Waals surface area (Å²) >= 11 is 0. The number of nitrogens with zero attached hydrogens (tertiary/aromatic N) is 1. The molecule has 0 aromatic rings. The molecule has 0 saturated carbocycles. The van der Waals surface area contributed by atoms with Gasteiger partial charge in [0.2, 0.25) is 0 Å². The minimum absolute atomic E-state index is 0.0315. The van der Waals surface area contributed by atoms with Crippen molar-refractivity contribution < 1.29 is 17.9 Å². The first-order valence-corrected chi connectivity index (χ1v) is 10.2. The molecular weight excluding hydrogens is 318 g/mol. The van der Waals surface area contributed by atoms with Gasteiger partial charge in [-0.1, -0.05) is 0 Å². The molecule has 23 heavy (non-hydrogen) atoms. The standard InChI is InChI=1S/C15H29N3O4S/c1-16-15(18-14-5-10-23(19,20)12-14)17-6-2-7-22-11-13-3-8-21-9-4-13/h13-14H,2-12H2,1H3,(H2,16,17,18). The first-order chi connectivity index (χ1) is 11.1. The third kappa shape index (κ3) is 7.05. The maximum Gasteiger partial charge on any atom is 0.191 e. The first kappa shape index (κ1) is 18.5. The highest BCUT2D eigenvalue weighted by atomic mass is 32.2. The van der Waals surface area contributed by atoms with Gasteiger partial charge in [0.05, 0.1) is 11.5 Å². The molecule has 2 fully saturated rings. The van der Waals surface area contributed by atoms with Crippen LogP contribution in [-0.4, -0.2) is 71.9 Å². The van der Waals surface area contributed by atoms with E-state index in [1.807, 2.05) is 0 Å². The second-order valence-electron chi connectivity index (χ2n) is 6.23. The second kappa shape index (κ2) is 9.44. The Morgan fingerprint density at radius 3 is 2.74 bits per heavy atom. The summed E-state index contributed by atoms with van der Waals surface area (Å²) in [5.41, 5.74) is 0. The molecule has 0 bridgehead atoms. The Morgan fingerprint density at radius 1 is 1.30 bits per heavy atom. The predicted octanol–water partition coefficient (Wildman–Crippen LogP) is 0.172. The molecule has 2 saturated heterocycles. The Balaban J connectivity index is 1.52. The lowest BCUT2D eigenvalue weighted by molar-refractivity contribution is 0.0203. The number of nitrogens with one attached hydrogen (secondary N) is 2. The maximum atomic E-state index is 11.4. The largest absolute Gasteiger partial charge is 0.381 e. The Bertz CT molecular complexity index is 475. The Hall–Kier alpha value is -0.860. The molecule has 2 rings (SSSR count). The molecule has 2 N–H and O–H groups in total. The van der Waals surface area contributed by atoms with Crippen molar-refractivity contribution in [2.24, 2.45) is 10.9 Å². The number of rotatable bonds is 7. The van der Waals surface area contributed by atoms with E-state index in [9.17, 15) is 8.42 Å². The van der Waals surface area contributed by atoms with Crippen LogP contribution >= 0.6 is 0 Å². The minimum atomic E-state index is -2.87. The van der Waals surface area contributed by atoms with E-state index in [0.717, 1.165) is 52.2 Å². The Kier molecular flexibility index (Phi) is 7.58. The molecule has 7 nitrogen and oxygen atoms in total. The molecule has 0 aliphatic carbocycles. The van der Waals surface area contributed by atoms with Gasteiger partial charge in [0.15, 0.2) is 15.8 Å². The van der Waals surface area contributed by atoms with E-state index < -0.39 is 9.84 Å². The molecule has 0 aromatic heterocycles. The van der Waals surface area contributed by atoms with E-state index in [-0.39, 0.29) is 17.5 Å². The number of sulfone groups is 1. The summed E-state index contributed by atoms with van der Waals surface area (Å²) < 4.78 is 33.9. The molecule has 1 unspecified atom stereocenters. The maximum absolute atomic E-state index is 11.4. The molecule has 134 valence electrons. The number of guanidine groups is 1. The van der Waals surface area contributed by atoms with Crippen molar-refractivity contribution in [3.63, 3.8) is 0 Å². The van der Waals surface area contributed by atoms with E-state index in [4.69, 9.17) is 9.47 Å². The number of hydrogen-bond acceptors (Lipinski definition) is 5. The van der Waals surface area contributed by atoms with Gasteiger partial charge in [-0.15, -0.1) is 0 Å². The van der Waals surface area contributed by atoms with Crippen molar-refractivity contribution in [1.29, 1.82) is 0 Å². The zero-order valence-electron chi connectivity index (χ0n) is 13.9.